The van der Waals surface area contributed by atoms with Crippen molar-refractivity contribution < 1.29 is 4.79 Å². The van der Waals surface area contributed by atoms with Crippen LogP contribution in [0.4, 0.5) is 5.69 Å². The molecule has 0 bridgehead atoms. The van der Waals surface area contributed by atoms with Gasteiger partial charge in [0.25, 0.3) is 5.56 Å². The van der Waals surface area contributed by atoms with Crippen LogP contribution >= 0.6 is 0 Å². The Morgan fingerprint density at radius 2 is 1.96 bits per heavy atom. The van der Waals surface area contributed by atoms with Crippen molar-refractivity contribution in [3.63, 3.8) is 0 Å². The number of carbonyl (C=O) groups is 1. The van der Waals surface area contributed by atoms with E-state index in [1.54, 1.807) is 18.3 Å². The predicted molar refractivity (Wildman–Crippen MR) is 97.6 cm³/mol. The van der Waals surface area contributed by atoms with E-state index < -0.39 is 0 Å². The number of nitrogens with zero attached hydrogens (tertiary/aromatic N) is 2. The van der Waals surface area contributed by atoms with E-state index in [0.29, 0.717) is 30.9 Å². The number of hydrogen-bond acceptors (Lipinski definition) is 4. The fourth-order valence-corrected chi connectivity index (χ4v) is 2.57. The van der Waals surface area contributed by atoms with Gasteiger partial charge in [-0.05, 0) is 36.8 Å². The molecule has 2 aromatic heterocycles. The second-order valence-electron chi connectivity index (χ2n) is 5.70. The number of likely N-dealkylation sites (N-methyl/N-ethyl adjacent to an activating group) is 1. The zero-order chi connectivity index (χ0) is 17.6. The molecular weight excluding hydrogens is 316 g/mol. The number of aromatic nitrogens is 2. The maximum Gasteiger partial charge on any atom is 0.258 e. The number of hydrogen-bond donors (Lipinski definition) is 2. The highest BCUT2D eigenvalue weighted by Gasteiger charge is 2.04. The first-order valence-corrected chi connectivity index (χ1v) is 8.22. The molecule has 6 heteroatoms. The third-order valence-electron chi connectivity index (χ3n) is 3.79. The van der Waals surface area contributed by atoms with E-state index >= 15 is 0 Å². The Balaban J connectivity index is 1.65. The van der Waals surface area contributed by atoms with Crippen LogP contribution in [-0.2, 0) is 17.8 Å². The van der Waals surface area contributed by atoms with Gasteiger partial charge >= 0.3 is 0 Å². The number of pyridine rings is 1. The molecule has 0 saturated carbocycles. The van der Waals surface area contributed by atoms with E-state index in [1.807, 2.05) is 37.3 Å². The molecule has 0 aliphatic heterocycles. The highest BCUT2D eigenvalue weighted by atomic mass is 16.1. The topological polar surface area (TPSA) is 75.5 Å². The Bertz CT molecular complexity index is 932. The molecule has 1 amide bonds. The summed E-state index contributed by atoms with van der Waals surface area (Å²) in [5.74, 6) is 0.0176. The molecule has 0 saturated heterocycles. The molecule has 0 aliphatic carbocycles. The van der Waals surface area contributed by atoms with E-state index in [2.05, 4.69) is 15.6 Å². The zero-order valence-electron chi connectivity index (χ0n) is 14.0. The van der Waals surface area contributed by atoms with Crippen LogP contribution in [0, 0.1) is 0 Å². The van der Waals surface area contributed by atoms with E-state index in [-0.39, 0.29) is 11.5 Å². The van der Waals surface area contributed by atoms with Crippen molar-refractivity contribution in [1.82, 2.24) is 14.7 Å². The number of benzene rings is 1. The van der Waals surface area contributed by atoms with Crippen LogP contribution in [0.3, 0.4) is 0 Å². The first-order chi connectivity index (χ1) is 12.2. The van der Waals surface area contributed by atoms with Crippen LogP contribution in [0.25, 0.3) is 5.65 Å². The lowest BCUT2D eigenvalue weighted by Gasteiger charge is -2.08. The summed E-state index contributed by atoms with van der Waals surface area (Å²) in [7, 11) is 0. The number of fused-ring (bicyclic) bond motifs is 1. The minimum absolute atomic E-state index is 0.0176. The van der Waals surface area contributed by atoms with Crippen molar-refractivity contribution >= 4 is 17.2 Å². The zero-order valence-corrected chi connectivity index (χ0v) is 14.0. The summed E-state index contributed by atoms with van der Waals surface area (Å²) in [6, 6.07) is 14.7. The Morgan fingerprint density at radius 3 is 2.72 bits per heavy atom. The monoisotopic (exact) mass is 336 g/mol. The molecule has 0 radical (unpaired) electrons. The van der Waals surface area contributed by atoms with Gasteiger partial charge in [-0.15, -0.1) is 0 Å². The molecule has 6 nitrogen and oxygen atoms in total. The van der Waals surface area contributed by atoms with Crippen molar-refractivity contribution in [2.45, 2.75) is 19.9 Å². The van der Waals surface area contributed by atoms with Gasteiger partial charge in [0, 0.05) is 24.5 Å². The lowest BCUT2D eigenvalue weighted by atomic mass is 10.1. The van der Waals surface area contributed by atoms with Gasteiger partial charge in [-0.2, -0.15) is 0 Å². The maximum atomic E-state index is 12.1. The largest absolute Gasteiger partial charge is 0.379 e. The van der Waals surface area contributed by atoms with Crippen molar-refractivity contribution in [2.75, 3.05) is 11.9 Å². The third-order valence-corrected chi connectivity index (χ3v) is 3.79. The first-order valence-electron chi connectivity index (χ1n) is 8.22. The molecule has 25 heavy (non-hydrogen) atoms. The molecule has 3 rings (SSSR count). The van der Waals surface area contributed by atoms with Crippen LogP contribution < -0.4 is 16.2 Å². The van der Waals surface area contributed by atoms with Crippen molar-refractivity contribution in [2.24, 2.45) is 0 Å². The van der Waals surface area contributed by atoms with Gasteiger partial charge in [0.2, 0.25) is 5.91 Å². The fourth-order valence-electron chi connectivity index (χ4n) is 2.57. The normalized spacial score (nSPS) is 10.6. The number of nitrogens with one attached hydrogen (secondary N) is 2. The van der Waals surface area contributed by atoms with Gasteiger partial charge in [-0.25, -0.2) is 4.98 Å². The second-order valence-corrected chi connectivity index (χ2v) is 5.70. The summed E-state index contributed by atoms with van der Waals surface area (Å²) in [5.41, 5.74) is 3.08. The molecule has 128 valence electrons. The lowest BCUT2D eigenvalue weighted by molar-refractivity contribution is -0.120. The minimum atomic E-state index is -0.0975. The first kappa shape index (κ1) is 16.7. The van der Waals surface area contributed by atoms with Crippen molar-refractivity contribution in [3.8, 4) is 0 Å². The van der Waals surface area contributed by atoms with E-state index in [0.717, 1.165) is 11.3 Å². The average molecular weight is 336 g/mol. The van der Waals surface area contributed by atoms with Crippen molar-refractivity contribution in [1.29, 1.82) is 0 Å². The molecule has 0 unspecified atom stereocenters. The minimum Gasteiger partial charge on any atom is -0.379 e. The van der Waals surface area contributed by atoms with Gasteiger partial charge in [-0.3, -0.25) is 14.0 Å². The van der Waals surface area contributed by atoms with Gasteiger partial charge in [0.05, 0.1) is 18.7 Å². The molecular formula is C19H20N4O2. The lowest BCUT2D eigenvalue weighted by Crippen LogP contribution is -2.24. The Kier molecular flexibility index (Phi) is 5.09. The molecule has 2 heterocycles. The molecule has 3 aromatic rings. The Morgan fingerprint density at radius 1 is 1.16 bits per heavy atom. The van der Waals surface area contributed by atoms with Gasteiger partial charge < -0.3 is 10.6 Å². The summed E-state index contributed by atoms with van der Waals surface area (Å²) < 4.78 is 1.51. The van der Waals surface area contributed by atoms with Crippen molar-refractivity contribution in [3.05, 3.63) is 76.3 Å². The molecule has 2 N–H and O–H groups in total. The second kappa shape index (κ2) is 7.61. The fraction of sp³-hybridized carbons (Fsp3) is 0.211. The van der Waals surface area contributed by atoms with Crippen LogP contribution in [0.15, 0.2) is 59.5 Å². The van der Waals surface area contributed by atoms with E-state index in [4.69, 9.17) is 0 Å². The standard InChI is InChI=1S/C19H20N4O2/c1-2-20-18(24)11-14-6-8-15(9-7-14)21-13-16-12-19(25)23-10-4-3-5-17(23)22-16/h3-10,12,21H,2,11,13H2,1H3,(H,20,24). The van der Waals surface area contributed by atoms with E-state index in [1.165, 1.54) is 10.5 Å². The van der Waals surface area contributed by atoms with Crippen LogP contribution in [0.5, 0.6) is 0 Å². The van der Waals surface area contributed by atoms with Crippen LogP contribution in [0.1, 0.15) is 18.2 Å². The SMILES string of the molecule is CCNC(=O)Cc1ccc(NCc2cc(=O)n3ccccc3n2)cc1. The summed E-state index contributed by atoms with van der Waals surface area (Å²) in [6.45, 7) is 2.99. The number of anilines is 1. The smallest absolute Gasteiger partial charge is 0.258 e. The molecule has 0 aliphatic rings. The van der Waals surface area contributed by atoms with Gasteiger partial charge in [0.1, 0.15) is 5.65 Å². The number of amides is 1. The highest BCUT2D eigenvalue weighted by Crippen LogP contribution is 2.11. The van der Waals surface area contributed by atoms with Gasteiger partial charge in [-0.1, -0.05) is 18.2 Å². The predicted octanol–water partition coefficient (Wildman–Crippen LogP) is 1.99. The maximum absolute atomic E-state index is 12.1. The Labute approximate surface area is 145 Å². The average Bonchev–Trinajstić information content (AvgIpc) is 2.61. The number of carbonyl (C=O) groups excluding carboxylic acids is 1. The molecule has 0 spiro atoms. The molecule has 0 atom stereocenters. The number of rotatable bonds is 6. The molecule has 1 aromatic carbocycles. The third kappa shape index (κ3) is 4.23. The van der Waals surface area contributed by atoms with Gasteiger partial charge in [0.15, 0.2) is 0 Å². The summed E-state index contributed by atoms with van der Waals surface area (Å²) in [4.78, 5) is 28.1. The molecule has 0 fully saturated rings. The summed E-state index contributed by atoms with van der Waals surface area (Å²) in [5, 5.41) is 6.03. The van der Waals surface area contributed by atoms with Crippen LogP contribution in [-0.4, -0.2) is 21.8 Å². The van der Waals surface area contributed by atoms with E-state index in [9.17, 15) is 9.59 Å². The quantitative estimate of drug-likeness (QED) is 0.722. The van der Waals surface area contributed by atoms with Crippen LogP contribution in [0.2, 0.25) is 0 Å². The summed E-state index contributed by atoms with van der Waals surface area (Å²) in [6.07, 6.45) is 2.08. The highest BCUT2D eigenvalue weighted by molar-refractivity contribution is 5.78. The Hall–Kier alpha value is -3.15. The summed E-state index contributed by atoms with van der Waals surface area (Å²) >= 11 is 0.